The Bertz CT molecular complexity index is 760. The number of anilines is 1. The minimum Gasteiger partial charge on any atom is -0.493 e. The van der Waals surface area contributed by atoms with Gasteiger partial charge in [0.15, 0.2) is 11.5 Å². The highest BCUT2D eigenvalue weighted by Crippen LogP contribution is 2.31. The second kappa shape index (κ2) is 6.15. The lowest BCUT2D eigenvalue weighted by Gasteiger charge is -2.06. The topological polar surface area (TPSA) is 59.2 Å². The summed E-state index contributed by atoms with van der Waals surface area (Å²) in [5.74, 6) is 2.01. The number of hydrogen-bond acceptors (Lipinski definition) is 4. The van der Waals surface area contributed by atoms with Gasteiger partial charge in [-0.05, 0) is 17.7 Å². The van der Waals surface area contributed by atoms with E-state index in [1.54, 1.807) is 14.2 Å². The quantitative estimate of drug-likeness (QED) is 0.750. The van der Waals surface area contributed by atoms with Crippen LogP contribution in [0.3, 0.4) is 0 Å². The minimum atomic E-state index is 0.634. The molecule has 0 aliphatic rings. The molecule has 0 spiro atoms. The summed E-state index contributed by atoms with van der Waals surface area (Å²) in [7, 11) is 3.22. The van der Waals surface area contributed by atoms with E-state index in [1.165, 1.54) is 0 Å². The Hall–Kier alpha value is -2.40. The number of H-pyrrole nitrogens is 1. The molecule has 0 atom stereocenters. The van der Waals surface area contributed by atoms with E-state index in [2.05, 4.69) is 15.3 Å². The standard InChI is InChI=1S/C16H16ClN3O2/c1-21-14-7-12-13(8-15(14)22-2)20-16(19-12)18-9-10-4-3-5-11(17)6-10/h3-8H,9H2,1-2H3,(H2,18,19,20). The monoisotopic (exact) mass is 317 g/mol. The highest BCUT2D eigenvalue weighted by molar-refractivity contribution is 6.30. The molecule has 2 N–H and O–H groups in total. The van der Waals surface area contributed by atoms with Gasteiger partial charge in [0, 0.05) is 23.7 Å². The van der Waals surface area contributed by atoms with Crippen LogP contribution >= 0.6 is 11.6 Å². The zero-order valence-electron chi connectivity index (χ0n) is 12.3. The molecule has 3 aromatic rings. The first-order valence-corrected chi connectivity index (χ1v) is 7.17. The summed E-state index contributed by atoms with van der Waals surface area (Å²) in [5, 5.41) is 3.97. The highest BCUT2D eigenvalue weighted by Gasteiger charge is 2.09. The maximum Gasteiger partial charge on any atom is 0.201 e. The zero-order valence-corrected chi connectivity index (χ0v) is 13.1. The number of ether oxygens (including phenoxy) is 2. The average molecular weight is 318 g/mol. The first kappa shape index (κ1) is 14.5. The van der Waals surface area contributed by atoms with Gasteiger partial charge in [-0.25, -0.2) is 4.98 Å². The molecular weight excluding hydrogens is 302 g/mol. The second-order valence-corrected chi connectivity index (χ2v) is 5.23. The molecule has 1 aromatic heterocycles. The van der Waals surface area contributed by atoms with E-state index >= 15 is 0 Å². The largest absolute Gasteiger partial charge is 0.493 e. The first-order valence-electron chi connectivity index (χ1n) is 6.79. The van der Waals surface area contributed by atoms with Gasteiger partial charge in [-0.3, -0.25) is 0 Å². The number of imidazole rings is 1. The van der Waals surface area contributed by atoms with Crippen LogP contribution < -0.4 is 14.8 Å². The van der Waals surface area contributed by atoms with Gasteiger partial charge in [0.1, 0.15) is 0 Å². The number of benzene rings is 2. The first-order chi connectivity index (χ1) is 10.7. The predicted octanol–water partition coefficient (Wildman–Crippen LogP) is 3.85. The van der Waals surface area contributed by atoms with Crippen LogP contribution in [0.4, 0.5) is 5.95 Å². The summed E-state index contributed by atoms with van der Waals surface area (Å²) in [6.45, 7) is 0.634. The van der Waals surface area contributed by atoms with E-state index in [9.17, 15) is 0 Å². The molecule has 0 amide bonds. The Balaban J connectivity index is 1.82. The van der Waals surface area contributed by atoms with Crippen molar-refractivity contribution in [1.29, 1.82) is 0 Å². The summed E-state index contributed by atoms with van der Waals surface area (Å²) in [5.41, 5.74) is 2.78. The Kier molecular flexibility index (Phi) is 4.06. The van der Waals surface area contributed by atoms with Crippen molar-refractivity contribution in [2.45, 2.75) is 6.54 Å². The van der Waals surface area contributed by atoms with E-state index < -0.39 is 0 Å². The molecule has 0 bridgehead atoms. The Morgan fingerprint density at radius 3 is 2.64 bits per heavy atom. The average Bonchev–Trinajstić information content (AvgIpc) is 2.93. The van der Waals surface area contributed by atoms with Crippen molar-refractivity contribution in [2.24, 2.45) is 0 Å². The van der Waals surface area contributed by atoms with Crippen molar-refractivity contribution in [1.82, 2.24) is 9.97 Å². The molecule has 3 rings (SSSR count). The lowest BCUT2D eigenvalue weighted by molar-refractivity contribution is 0.356. The zero-order chi connectivity index (χ0) is 15.5. The van der Waals surface area contributed by atoms with Crippen molar-refractivity contribution in [3.8, 4) is 11.5 Å². The summed E-state index contributed by atoms with van der Waals surface area (Å²) in [6, 6.07) is 11.4. The van der Waals surface area contributed by atoms with Gasteiger partial charge in [-0.2, -0.15) is 0 Å². The van der Waals surface area contributed by atoms with Crippen LogP contribution in [0.15, 0.2) is 36.4 Å². The summed E-state index contributed by atoms with van der Waals surface area (Å²) in [6.07, 6.45) is 0. The summed E-state index contributed by atoms with van der Waals surface area (Å²) >= 11 is 5.98. The molecule has 0 saturated heterocycles. The number of nitrogens with one attached hydrogen (secondary N) is 2. The van der Waals surface area contributed by atoms with Gasteiger partial charge in [-0.15, -0.1) is 0 Å². The van der Waals surface area contributed by atoms with Crippen LogP contribution in [0, 0.1) is 0 Å². The van der Waals surface area contributed by atoms with Crippen molar-refractivity contribution >= 4 is 28.6 Å². The van der Waals surface area contributed by atoms with Crippen LogP contribution in [0.5, 0.6) is 11.5 Å². The highest BCUT2D eigenvalue weighted by atomic mass is 35.5. The smallest absolute Gasteiger partial charge is 0.201 e. The SMILES string of the molecule is COc1cc2nc(NCc3cccc(Cl)c3)[nH]c2cc1OC. The lowest BCUT2D eigenvalue weighted by atomic mass is 10.2. The second-order valence-electron chi connectivity index (χ2n) is 4.79. The molecule has 0 aliphatic heterocycles. The molecular formula is C16H16ClN3O2. The van der Waals surface area contributed by atoms with Crippen LogP contribution in [0.25, 0.3) is 11.0 Å². The van der Waals surface area contributed by atoms with Gasteiger partial charge in [-0.1, -0.05) is 23.7 Å². The fourth-order valence-electron chi connectivity index (χ4n) is 2.25. The van der Waals surface area contributed by atoms with E-state index in [4.69, 9.17) is 21.1 Å². The van der Waals surface area contributed by atoms with Gasteiger partial charge in [0.05, 0.1) is 25.3 Å². The Morgan fingerprint density at radius 2 is 1.91 bits per heavy atom. The van der Waals surface area contributed by atoms with Crippen molar-refractivity contribution in [2.75, 3.05) is 19.5 Å². The number of aromatic nitrogens is 2. The predicted molar refractivity (Wildman–Crippen MR) is 88.0 cm³/mol. The third-order valence-corrected chi connectivity index (χ3v) is 3.57. The van der Waals surface area contributed by atoms with Crippen LogP contribution in [0.1, 0.15) is 5.56 Å². The molecule has 1 heterocycles. The molecule has 0 saturated carbocycles. The van der Waals surface area contributed by atoms with Crippen molar-refractivity contribution in [3.05, 3.63) is 47.0 Å². The molecule has 114 valence electrons. The van der Waals surface area contributed by atoms with E-state index in [-0.39, 0.29) is 0 Å². The molecule has 22 heavy (non-hydrogen) atoms. The van der Waals surface area contributed by atoms with Gasteiger partial charge in [0.2, 0.25) is 5.95 Å². The third-order valence-electron chi connectivity index (χ3n) is 3.34. The number of halogens is 1. The number of methoxy groups -OCH3 is 2. The summed E-state index contributed by atoms with van der Waals surface area (Å²) < 4.78 is 10.6. The van der Waals surface area contributed by atoms with Crippen LogP contribution in [0.2, 0.25) is 5.02 Å². The number of nitrogens with zero attached hydrogens (tertiary/aromatic N) is 1. The fraction of sp³-hybridized carbons (Fsp3) is 0.188. The van der Waals surface area contributed by atoms with Crippen LogP contribution in [-0.4, -0.2) is 24.2 Å². The molecule has 0 aliphatic carbocycles. The number of fused-ring (bicyclic) bond motifs is 1. The number of aromatic amines is 1. The summed E-state index contributed by atoms with van der Waals surface area (Å²) in [4.78, 5) is 7.71. The third kappa shape index (κ3) is 2.94. The molecule has 2 aromatic carbocycles. The number of hydrogen-bond donors (Lipinski definition) is 2. The molecule has 6 heteroatoms. The maximum atomic E-state index is 5.98. The Labute approximate surface area is 133 Å². The fourth-order valence-corrected chi connectivity index (χ4v) is 2.47. The molecule has 0 fully saturated rings. The molecule has 0 radical (unpaired) electrons. The van der Waals surface area contributed by atoms with Gasteiger partial charge >= 0.3 is 0 Å². The van der Waals surface area contributed by atoms with Crippen LogP contribution in [-0.2, 0) is 6.54 Å². The lowest BCUT2D eigenvalue weighted by Crippen LogP contribution is -2.00. The van der Waals surface area contributed by atoms with E-state index in [0.29, 0.717) is 24.0 Å². The minimum absolute atomic E-state index is 0.634. The molecule has 5 nitrogen and oxygen atoms in total. The van der Waals surface area contributed by atoms with E-state index in [0.717, 1.165) is 21.6 Å². The van der Waals surface area contributed by atoms with E-state index in [1.807, 2.05) is 36.4 Å². The van der Waals surface area contributed by atoms with Gasteiger partial charge in [0.25, 0.3) is 0 Å². The van der Waals surface area contributed by atoms with Gasteiger partial charge < -0.3 is 19.8 Å². The molecule has 0 unspecified atom stereocenters. The number of rotatable bonds is 5. The van der Waals surface area contributed by atoms with Crippen molar-refractivity contribution < 1.29 is 9.47 Å². The Morgan fingerprint density at radius 1 is 1.14 bits per heavy atom. The maximum absolute atomic E-state index is 5.98. The normalized spacial score (nSPS) is 10.7. The van der Waals surface area contributed by atoms with Crippen molar-refractivity contribution in [3.63, 3.8) is 0 Å².